The van der Waals surface area contributed by atoms with E-state index >= 15 is 0 Å². The summed E-state index contributed by atoms with van der Waals surface area (Å²) in [4.78, 5) is 20.1. The van der Waals surface area contributed by atoms with Gasteiger partial charge in [0.05, 0.1) is 16.8 Å². The highest BCUT2D eigenvalue weighted by atomic mass is 16.1. The van der Waals surface area contributed by atoms with Crippen molar-refractivity contribution in [2.75, 3.05) is 17.7 Å². The van der Waals surface area contributed by atoms with Gasteiger partial charge in [0.25, 0.3) is 5.91 Å². The van der Waals surface area contributed by atoms with Crippen LogP contribution in [0.25, 0.3) is 10.9 Å². The van der Waals surface area contributed by atoms with Crippen LogP contribution in [-0.2, 0) is 0 Å². The van der Waals surface area contributed by atoms with E-state index in [1.165, 1.54) is 0 Å². The van der Waals surface area contributed by atoms with Crippen LogP contribution >= 0.6 is 0 Å². The molecule has 1 amide bonds. The Bertz CT molecular complexity index is 847. The number of primary amides is 1. The molecular weight excluding hydrogens is 278 g/mol. The van der Waals surface area contributed by atoms with Gasteiger partial charge in [0.1, 0.15) is 0 Å². The summed E-state index contributed by atoms with van der Waals surface area (Å²) in [5.41, 5.74) is 8.12. The second kappa shape index (κ2) is 5.69. The van der Waals surface area contributed by atoms with Gasteiger partial charge in [0, 0.05) is 24.3 Å². The summed E-state index contributed by atoms with van der Waals surface area (Å²) in [6, 6.07) is 12.8. The molecule has 1 heterocycles. The van der Waals surface area contributed by atoms with Crippen LogP contribution in [0.15, 0.2) is 48.7 Å². The van der Waals surface area contributed by atoms with Crippen molar-refractivity contribution in [2.45, 2.75) is 0 Å². The van der Waals surface area contributed by atoms with Gasteiger partial charge in [-0.25, -0.2) is 9.97 Å². The summed E-state index contributed by atoms with van der Waals surface area (Å²) in [5.74, 6) is 0.0826. The van der Waals surface area contributed by atoms with Crippen molar-refractivity contribution in [3.05, 3.63) is 54.2 Å². The summed E-state index contributed by atoms with van der Waals surface area (Å²) in [5, 5.41) is 7.00. The number of benzene rings is 2. The maximum absolute atomic E-state index is 11.5. The molecule has 1 aromatic heterocycles. The van der Waals surface area contributed by atoms with Crippen LogP contribution in [0.1, 0.15) is 10.4 Å². The van der Waals surface area contributed by atoms with Crippen molar-refractivity contribution >= 4 is 34.1 Å². The molecule has 4 N–H and O–H groups in total. The Hall–Kier alpha value is -3.15. The molecule has 110 valence electrons. The first-order valence-electron chi connectivity index (χ1n) is 6.78. The van der Waals surface area contributed by atoms with Crippen molar-refractivity contribution in [2.24, 2.45) is 5.73 Å². The standard InChI is InChI=1S/C16H15N5O/c1-18-16-19-9-11-13(7-4-8-14(11)21-16)20-12-6-3-2-5-10(12)15(17)22/h2-9,20H,1H3,(H2,17,22)(H,18,19,21). The Kier molecular flexibility index (Phi) is 3.57. The van der Waals surface area contributed by atoms with Crippen molar-refractivity contribution in [3.8, 4) is 0 Å². The van der Waals surface area contributed by atoms with Gasteiger partial charge in [0.2, 0.25) is 5.95 Å². The Labute approximate surface area is 127 Å². The molecule has 0 bridgehead atoms. The highest BCUT2D eigenvalue weighted by Gasteiger charge is 2.09. The van der Waals surface area contributed by atoms with E-state index in [-0.39, 0.29) is 0 Å². The van der Waals surface area contributed by atoms with E-state index in [0.29, 0.717) is 17.2 Å². The third-order valence-electron chi connectivity index (χ3n) is 3.31. The lowest BCUT2D eigenvalue weighted by Gasteiger charge is -2.12. The Balaban J connectivity index is 2.06. The molecule has 0 aliphatic carbocycles. The first-order chi connectivity index (χ1) is 10.7. The van der Waals surface area contributed by atoms with Gasteiger partial charge < -0.3 is 16.4 Å². The number of para-hydroxylation sites is 1. The molecule has 0 spiro atoms. The van der Waals surface area contributed by atoms with E-state index in [4.69, 9.17) is 5.73 Å². The fraction of sp³-hybridized carbons (Fsp3) is 0.0625. The Morgan fingerprint density at radius 2 is 1.86 bits per heavy atom. The molecule has 6 nitrogen and oxygen atoms in total. The molecule has 3 aromatic rings. The molecule has 0 aliphatic rings. The molecule has 0 unspecified atom stereocenters. The number of nitrogens with two attached hydrogens (primary N) is 1. The monoisotopic (exact) mass is 293 g/mol. The maximum atomic E-state index is 11.5. The summed E-state index contributed by atoms with van der Waals surface area (Å²) in [7, 11) is 1.77. The average molecular weight is 293 g/mol. The molecule has 0 saturated heterocycles. The number of carbonyl (C=O) groups is 1. The summed E-state index contributed by atoms with van der Waals surface area (Å²) in [6.07, 6.45) is 1.74. The van der Waals surface area contributed by atoms with E-state index in [1.807, 2.05) is 30.3 Å². The number of fused-ring (bicyclic) bond motifs is 1. The maximum Gasteiger partial charge on any atom is 0.250 e. The van der Waals surface area contributed by atoms with Crippen LogP contribution in [0, 0.1) is 0 Å². The smallest absolute Gasteiger partial charge is 0.250 e. The molecule has 0 aliphatic heterocycles. The Morgan fingerprint density at radius 1 is 1.09 bits per heavy atom. The van der Waals surface area contributed by atoms with Gasteiger partial charge in [-0.3, -0.25) is 4.79 Å². The average Bonchev–Trinajstić information content (AvgIpc) is 2.55. The second-order valence-corrected chi connectivity index (χ2v) is 4.72. The number of amides is 1. The number of anilines is 3. The second-order valence-electron chi connectivity index (χ2n) is 4.72. The van der Waals surface area contributed by atoms with Crippen molar-refractivity contribution in [1.82, 2.24) is 9.97 Å². The zero-order valence-corrected chi connectivity index (χ0v) is 12.0. The molecule has 2 aromatic carbocycles. The van der Waals surface area contributed by atoms with Crippen molar-refractivity contribution < 1.29 is 4.79 Å². The van der Waals surface area contributed by atoms with Crippen molar-refractivity contribution in [3.63, 3.8) is 0 Å². The zero-order valence-electron chi connectivity index (χ0n) is 12.0. The third-order valence-corrected chi connectivity index (χ3v) is 3.31. The van der Waals surface area contributed by atoms with E-state index in [1.54, 1.807) is 25.4 Å². The normalized spacial score (nSPS) is 10.4. The molecule has 0 fully saturated rings. The van der Waals surface area contributed by atoms with Crippen LogP contribution in [-0.4, -0.2) is 22.9 Å². The van der Waals surface area contributed by atoms with E-state index in [9.17, 15) is 4.79 Å². The summed E-state index contributed by atoms with van der Waals surface area (Å²) >= 11 is 0. The minimum Gasteiger partial charge on any atom is -0.366 e. The molecular formula is C16H15N5O. The predicted molar refractivity (Wildman–Crippen MR) is 87.3 cm³/mol. The van der Waals surface area contributed by atoms with Crippen LogP contribution in [0.4, 0.5) is 17.3 Å². The van der Waals surface area contributed by atoms with Crippen LogP contribution in [0.2, 0.25) is 0 Å². The van der Waals surface area contributed by atoms with E-state index < -0.39 is 5.91 Å². The third kappa shape index (κ3) is 2.54. The van der Waals surface area contributed by atoms with E-state index in [2.05, 4.69) is 20.6 Å². The number of carbonyl (C=O) groups excluding carboxylic acids is 1. The first-order valence-corrected chi connectivity index (χ1v) is 6.78. The van der Waals surface area contributed by atoms with Gasteiger partial charge in [-0.15, -0.1) is 0 Å². The molecule has 3 rings (SSSR count). The lowest BCUT2D eigenvalue weighted by atomic mass is 10.1. The lowest BCUT2D eigenvalue weighted by Crippen LogP contribution is -2.13. The number of nitrogens with one attached hydrogen (secondary N) is 2. The molecule has 0 radical (unpaired) electrons. The number of hydrogen-bond donors (Lipinski definition) is 3. The fourth-order valence-corrected chi connectivity index (χ4v) is 2.24. The summed E-state index contributed by atoms with van der Waals surface area (Å²) < 4.78 is 0. The van der Waals surface area contributed by atoms with Gasteiger partial charge >= 0.3 is 0 Å². The van der Waals surface area contributed by atoms with Crippen LogP contribution in [0.5, 0.6) is 0 Å². The highest BCUT2D eigenvalue weighted by molar-refractivity contribution is 6.01. The van der Waals surface area contributed by atoms with Gasteiger partial charge in [-0.05, 0) is 24.3 Å². The minimum atomic E-state index is -0.475. The number of rotatable bonds is 4. The lowest BCUT2D eigenvalue weighted by molar-refractivity contribution is 0.100. The first kappa shape index (κ1) is 13.8. The molecule has 6 heteroatoms. The molecule has 22 heavy (non-hydrogen) atoms. The molecule has 0 atom stereocenters. The number of hydrogen-bond acceptors (Lipinski definition) is 5. The van der Waals surface area contributed by atoms with E-state index in [0.717, 1.165) is 16.6 Å². The van der Waals surface area contributed by atoms with Crippen LogP contribution < -0.4 is 16.4 Å². The quantitative estimate of drug-likeness (QED) is 0.687. The summed E-state index contributed by atoms with van der Waals surface area (Å²) in [6.45, 7) is 0. The minimum absolute atomic E-state index is 0.437. The highest BCUT2D eigenvalue weighted by Crippen LogP contribution is 2.27. The zero-order chi connectivity index (χ0) is 15.5. The predicted octanol–water partition coefficient (Wildman–Crippen LogP) is 2.51. The van der Waals surface area contributed by atoms with Crippen LogP contribution in [0.3, 0.4) is 0 Å². The number of nitrogens with zero attached hydrogens (tertiary/aromatic N) is 2. The SMILES string of the molecule is CNc1ncc2c(Nc3ccccc3C(N)=O)cccc2n1. The Morgan fingerprint density at radius 3 is 2.64 bits per heavy atom. The van der Waals surface area contributed by atoms with Gasteiger partial charge in [0.15, 0.2) is 0 Å². The van der Waals surface area contributed by atoms with Gasteiger partial charge in [-0.1, -0.05) is 18.2 Å². The van der Waals surface area contributed by atoms with Gasteiger partial charge in [-0.2, -0.15) is 0 Å². The molecule has 0 saturated carbocycles. The fourth-order valence-electron chi connectivity index (χ4n) is 2.24. The topological polar surface area (TPSA) is 92.9 Å². The largest absolute Gasteiger partial charge is 0.366 e. The number of aromatic nitrogens is 2. The van der Waals surface area contributed by atoms with Crippen molar-refractivity contribution in [1.29, 1.82) is 0 Å².